The summed E-state index contributed by atoms with van der Waals surface area (Å²) in [6.45, 7) is 2.32. The van der Waals surface area contributed by atoms with Gasteiger partial charge in [0.15, 0.2) is 0 Å². The van der Waals surface area contributed by atoms with Crippen molar-refractivity contribution in [2.24, 2.45) is 13.0 Å². The predicted molar refractivity (Wildman–Crippen MR) is 59.6 cm³/mol. The van der Waals surface area contributed by atoms with Crippen LogP contribution in [0, 0.1) is 5.92 Å². The van der Waals surface area contributed by atoms with Crippen LogP contribution in [-0.4, -0.2) is 28.1 Å². The number of hydrogen-bond acceptors (Lipinski definition) is 3. The number of nitrogens with zero attached hydrogens (tertiary/aromatic N) is 3. The Kier molecular flexibility index (Phi) is 3.05. The molecule has 4 heteroatoms. The summed E-state index contributed by atoms with van der Waals surface area (Å²) in [5.74, 6) is 1.30. The molecule has 3 atom stereocenters. The Morgan fingerprint density at radius 2 is 2.27 bits per heavy atom. The van der Waals surface area contributed by atoms with Gasteiger partial charge in [0.25, 0.3) is 0 Å². The Labute approximate surface area is 91.1 Å². The minimum atomic E-state index is 0.574. The van der Waals surface area contributed by atoms with Crippen LogP contribution in [0.15, 0.2) is 6.20 Å². The van der Waals surface area contributed by atoms with E-state index in [0.29, 0.717) is 12.0 Å². The molecule has 0 amide bonds. The van der Waals surface area contributed by atoms with Crippen LogP contribution in [0.5, 0.6) is 0 Å². The largest absolute Gasteiger partial charge is 0.317 e. The summed E-state index contributed by atoms with van der Waals surface area (Å²) in [5, 5.41) is 12.0. The molecule has 1 aliphatic carbocycles. The lowest BCUT2D eigenvalue weighted by molar-refractivity contribution is 0.272. The molecule has 2 rings (SSSR count). The van der Waals surface area contributed by atoms with Gasteiger partial charge in [-0.3, -0.25) is 0 Å². The fraction of sp³-hybridized carbons (Fsp3) is 0.818. The summed E-state index contributed by atoms with van der Waals surface area (Å²) >= 11 is 0. The molecular weight excluding hydrogens is 188 g/mol. The van der Waals surface area contributed by atoms with Gasteiger partial charge in [0, 0.05) is 19.0 Å². The maximum absolute atomic E-state index is 4.43. The Hall–Kier alpha value is -0.900. The van der Waals surface area contributed by atoms with E-state index in [-0.39, 0.29) is 0 Å². The van der Waals surface area contributed by atoms with Crippen molar-refractivity contribution in [3.63, 3.8) is 0 Å². The zero-order valence-corrected chi connectivity index (χ0v) is 9.77. The standard InChI is InChI=1S/C11H20N4/c1-8-4-5-9(12-2)6-10(8)11-7-13-15(3)14-11/h7-10,12H,4-6H2,1-3H3. The van der Waals surface area contributed by atoms with E-state index in [1.807, 2.05) is 20.3 Å². The van der Waals surface area contributed by atoms with E-state index >= 15 is 0 Å². The molecule has 3 unspecified atom stereocenters. The maximum atomic E-state index is 4.43. The first-order valence-electron chi connectivity index (χ1n) is 5.74. The summed E-state index contributed by atoms with van der Waals surface area (Å²) in [5.41, 5.74) is 1.16. The Morgan fingerprint density at radius 3 is 2.87 bits per heavy atom. The van der Waals surface area contributed by atoms with Gasteiger partial charge in [-0.25, -0.2) is 0 Å². The molecule has 0 radical (unpaired) electrons. The molecule has 1 fully saturated rings. The van der Waals surface area contributed by atoms with Gasteiger partial charge in [-0.15, -0.1) is 0 Å². The van der Waals surface area contributed by atoms with Crippen molar-refractivity contribution in [1.82, 2.24) is 20.3 Å². The summed E-state index contributed by atoms with van der Waals surface area (Å²) < 4.78 is 0. The third-order valence-electron chi connectivity index (χ3n) is 3.60. The number of rotatable bonds is 2. The fourth-order valence-corrected chi connectivity index (χ4v) is 2.53. The average molecular weight is 208 g/mol. The number of hydrogen-bond donors (Lipinski definition) is 1. The van der Waals surface area contributed by atoms with Crippen molar-refractivity contribution in [2.45, 2.75) is 38.1 Å². The van der Waals surface area contributed by atoms with Gasteiger partial charge in [-0.2, -0.15) is 15.0 Å². The molecule has 1 aliphatic rings. The lowest BCUT2D eigenvalue weighted by Gasteiger charge is -2.32. The molecule has 0 spiro atoms. The Bertz CT molecular complexity index is 320. The second-order valence-electron chi connectivity index (χ2n) is 4.64. The second-order valence-corrected chi connectivity index (χ2v) is 4.64. The first-order valence-corrected chi connectivity index (χ1v) is 5.74. The summed E-state index contributed by atoms with van der Waals surface area (Å²) in [6.07, 6.45) is 5.68. The molecule has 1 saturated carbocycles. The van der Waals surface area contributed by atoms with Crippen LogP contribution in [-0.2, 0) is 7.05 Å². The minimum absolute atomic E-state index is 0.574. The third-order valence-corrected chi connectivity index (χ3v) is 3.60. The van der Waals surface area contributed by atoms with E-state index in [1.54, 1.807) is 4.80 Å². The molecular formula is C11H20N4. The van der Waals surface area contributed by atoms with Gasteiger partial charge in [-0.1, -0.05) is 6.92 Å². The molecule has 1 aromatic heterocycles. The van der Waals surface area contributed by atoms with E-state index in [2.05, 4.69) is 22.4 Å². The normalized spacial score (nSPS) is 31.8. The highest BCUT2D eigenvalue weighted by atomic mass is 15.4. The summed E-state index contributed by atoms with van der Waals surface area (Å²) in [4.78, 5) is 1.66. The smallest absolute Gasteiger partial charge is 0.0861 e. The second kappa shape index (κ2) is 4.31. The van der Waals surface area contributed by atoms with Crippen molar-refractivity contribution < 1.29 is 0 Å². The lowest BCUT2D eigenvalue weighted by Crippen LogP contribution is -2.34. The first kappa shape index (κ1) is 10.6. The van der Waals surface area contributed by atoms with Crippen molar-refractivity contribution >= 4 is 0 Å². The van der Waals surface area contributed by atoms with Crippen LogP contribution in [0.25, 0.3) is 0 Å². The molecule has 84 valence electrons. The molecule has 1 heterocycles. The van der Waals surface area contributed by atoms with Gasteiger partial charge < -0.3 is 5.32 Å². The van der Waals surface area contributed by atoms with Gasteiger partial charge in [-0.05, 0) is 32.2 Å². The zero-order chi connectivity index (χ0) is 10.8. The van der Waals surface area contributed by atoms with Crippen LogP contribution in [0.4, 0.5) is 0 Å². The van der Waals surface area contributed by atoms with Crippen LogP contribution < -0.4 is 5.32 Å². The van der Waals surface area contributed by atoms with Crippen LogP contribution in [0.1, 0.15) is 37.8 Å². The highest BCUT2D eigenvalue weighted by molar-refractivity contribution is 5.06. The highest BCUT2D eigenvalue weighted by Gasteiger charge is 2.29. The van der Waals surface area contributed by atoms with Crippen molar-refractivity contribution in [2.75, 3.05) is 7.05 Å². The van der Waals surface area contributed by atoms with E-state index in [1.165, 1.54) is 19.3 Å². The van der Waals surface area contributed by atoms with Crippen LogP contribution in [0.2, 0.25) is 0 Å². The number of aromatic nitrogens is 3. The topological polar surface area (TPSA) is 42.7 Å². The average Bonchev–Trinajstić information content (AvgIpc) is 2.65. The lowest BCUT2D eigenvalue weighted by atomic mass is 9.76. The van der Waals surface area contributed by atoms with E-state index < -0.39 is 0 Å². The predicted octanol–water partition coefficient (Wildman–Crippen LogP) is 1.31. The Morgan fingerprint density at radius 1 is 1.47 bits per heavy atom. The first-order chi connectivity index (χ1) is 7.20. The maximum Gasteiger partial charge on any atom is 0.0861 e. The molecule has 15 heavy (non-hydrogen) atoms. The van der Waals surface area contributed by atoms with Gasteiger partial charge in [0.1, 0.15) is 0 Å². The molecule has 0 aromatic carbocycles. The Balaban J connectivity index is 2.12. The van der Waals surface area contributed by atoms with E-state index in [0.717, 1.165) is 11.6 Å². The number of nitrogens with one attached hydrogen (secondary N) is 1. The monoisotopic (exact) mass is 208 g/mol. The fourth-order valence-electron chi connectivity index (χ4n) is 2.53. The van der Waals surface area contributed by atoms with Gasteiger partial charge >= 0.3 is 0 Å². The van der Waals surface area contributed by atoms with Crippen LogP contribution in [0.3, 0.4) is 0 Å². The molecule has 4 nitrogen and oxygen atoms in total. The van der Waals surface area contributed by atoms with Crippen molar-refractivity contribution in [1.29, 1.82) is 0 Å². The SMILES string of the molecule is CNC1CCC(C)C(c2cnn(C)n2)C1. The number of aryl methyl sites for hydroxylation is 1. The van der Waals surface area contributed by atoms with Crippen molar-refractivity contribution in [3.8, 4) is 0 Å². The van der Waals surface area contributed by atoms with E-state index in [9.17, 15) is 0 Å². The summed E-state index contributed by atoms with van der Waals surface area (Å²) in [6, 6.07) is 0.646. The van der Waals surface area contributed by atoms with Crippen LogP contribution >= 0.6 is 0 Å². The highest BCUT2D eigenvalue weighted by Crippen LogP contribution is 2.36. The molecule has 1 aromatic rings. The quantitative estimate of drug-likeness (QED) is 0.796. The molecule has 1 N–H and O–H groups in total. The zero-order valence-electron chi connectivity index (χ0n) is 9.77. The molecule has 0 aliphatic heterocycles. The van der Waals surface area contributed by atoms with Gasteiger partial charge in [0.05, 0.1) is 11.9 Å². The summed E-state index contributed by atoms with van der Waals surface area (Å²) in [7, 11) is 3.93. The minimum Gasteiger partial charge on any atom is -0.317 e. The van der Waals surface area contributed by atoms with E-state index in [4.69, 9.17) is 0 Å². The molecule has 0 saturated heterocycles. The van der Waals surface area contributed by atoms with Gasteiger partial charge in [0.2, 0.25) is 0 Å². The van der Waals surface area contributed by atoms with Crippen molar-refractivity contribution in [3.05, 3.63) is 11.9 Å². The molecule has 0 bridgehead atoms. The third kappa shape index (κ3) is 2.20.